The lowest BCUT2D eigenvalue weighted by molar-refractivity contribution is -0.386. The molecule has 0 bridgehead atoms. The van der Waals surface area contributed by atoms with E-state index in [9.17, 15) is 10.1 Å². The van der Waals surface area contributed by atoms with Crippen molar-refractivity contribution < 1.29 is 4.92 Å². The van der Waals surface area contributed by atoms with E-state index in [-0.39, 0.29) is 5.69 Å². The first-order chi connectivity index (χ1) is 8.49. The largest absolute Gasteiger partial charge is 0.381 e. The van der Waals surface area contributed by atoms with E-state index in [1.54, 1.807) is 20.0 Å². The van der Waals surface area contributed by atoms with Gasteiger partial charge in [-0.15, -0.1) is 5.10 Å². The standard InChI is InChI=1S/C10H12N6O2/c1-6-3-12-8(7(2)10(6)16(17)18)4-15-5-9(11)13-14-15/h3,5H,4,11H2,1-2H3. The van der Waals surface area contributed by atoms with E-state index >= 15 is 0 Å². The number of aromatic nitrogens is 4. The van der Waals surface area contributed by atoms with Crippen molar-refractivity contribution in [1.29, 1.82) is 0 Å². The Morgan fingerprint density at radius 1 is 1.50 bits per heavy atom. The Kier molecular flexibility index (Phi) is 2.92. The lowest BCUT2D eigenvalue weighted by Gasteiger charge is -2.06. The Bertz CT molecular complexity index is 606. The number of hydrogen-bond acceptors (Lipinski definition) is 6. The topological polar surface area (TPSA) is 113 Å². The number of aryl methyl sites for hydroxylation is 1. The minimum Gasteiger partial charge on any atom is -0.381 e. The molecule has 2 N–H and O–H groups in total. The fourth-order valence-corrected chi connectivity index (χ4v) is 1.75. The molecular weight excluding hydrogens is 236 g/mol. The molecule has 18 heavy (non-hydrogen) atoms. The fraction of sp³-hybridized carbons (Fsp3) is 0.300. The Balaban J connectivity index is 2.40. The molecule has 0 atom stereocenters. The van der Waals surface area contributed by atoms with Crippen LogP contribution < -0.4 is 5.73 Å². The van der Waals surface area contributed by atoms with Crippen LogP contribution in [0.15, 0.2) is 12.4 Å². The second-order valence-corrected chi connectivity index (χ2v) is 3.96. The Morgan fingerprint density at radius 3 is 2.78 bits per heavy atom. The number of nitrogens with two attached hydrogens (primary N) is 1. The summed E-state index contributed by atoms with van der Waals surface area (Å²) in [5, 5.41) is 18.4. The zero-order valence-electron chi connectivity index (χ0n) is 9.99. The van der Waals surface area contributed by atoms with Gasteiger partial charge in [0.2, 0.25) is 0 Å². The number of rotatable bonds is 3. The van der Waals surface area contributed by atoms with Crippen LogP contribution >= 0.6 is 0 Å². The summed E-state index contributed by atoms with van der Waals surface area (Å²) in [4.78, 5) is 14.8. The summed E-state index contributed by atoms with van der Waals surface area (Å²) < 4.78 is 1.49. The van der Waals surface area contributed by atoms with Crippen molar-refractivity contribution in [3.63, 3.8) is 0 Å². The van der Waals surface area contributed by atoms with Gasteiger partial charge < -0.3 is 5.73 Å². The molecular formula is C10H12N6O2. The predicted molar refractivity (Wildman–Crippen MR) is 63.9 cm³/mol. The number of nitrogen functional groups attached to an aromatic ring is 1. The normalized spacial score (nSPS) is 10.6. The molecule has 0 aromatic carbocycles. The molecule has 0 unspecified atom stereocenters. The molecule has 0 aliphatic carbocycles. The zero-order valence-corrected chi connectivity index (χ0v) is 9.99. The highest BCUT2D eigenvalue weighted by molar-refractivity contribution is 5.47. The quantitative estimate of drug-likeness (QED) is 0.635. The van der Waals surface area contributed by atoms with Crippen molar-refractivity contribution in [2.75, 3.05) is 5.73 Å². The minimum atomic E-state index is -0.397. The van der Waals surface area contributed by atoms with Gasteiger partial charge in [-0.3, -0.25) is 15.1 Å². The molecule has 0 amide bonds. The molecule has 0 saturated heterocycles. The summed E-state index contributed by atoms with van der Waals surface area (Å²) in [5.41, 5.74) is 7.20. The van der Waals surface area contributed by atoms with Gasteiger partial charge in [0.1, 0.15) is 0 Å². The van der Waals surface area contributed by atoms with Gasteiger partial charge in [-0.05, 0) is 13.8 Å². The van der Waals surface area contributed by atoms with E-state index < -0.39 is 4.92 Å². The van der Waals surface area contributed by atoms with E-state index in [1.807, 2.05) is 0 Å². The van der Waals surface area contributed by atoms with Gasteiger partial charge in [-0.25, -0.2) is 4.68 Å². The number of pyridine rings is 1. The van der Waals surface area contributed by atoms with Crippen LogP contribution in [0.5, 0.6) is 0 Å². The van der Waals surface area contributed by atoms with E-state index in [0.717, 1.165) is 0 Å². The highest BCUT2D eigenvalue weighted by atomic mass is 16.6. The fourth-order valence-electron chi connectivity index (χ4n) is 1.75. The molecule has 94 valence electrons. The van der Waals surface area contributed by atoms with Crippen LogP contribution in [0.1, 0.15) is 16.8 Å². The minimum absolute atomic E-state index is 0.0908. The Morgan fingerprint density at radius 2 is 2.22 bits per heavy atom. The molecule has 8 heteroatoms. The van der Waals surface area contributed by atoms with Crippen LogP contribution in [-0.2, 0) is 6.54 Å². The molecule has 0 saturated carbocycles. The van der Waals surface area contributed by atoms with Crippen LogP contribution in [0.3, 0.4) is 0 Å². The first-order valence-electron chi connectivity index (χ1n) is 5.24. The molecule has 8 nitrogen and oxygen atoms in total. The third-order valence-electron chi connectivity index (χ3n) is 2.63. The van der Waals surface area contributed by atoms with Crippen molar-refractivity contribution in [3.8, 4) is 0 Å². The molecule has 0 aliphatic heterocycles. The summed E-state index contributed by atoms with van der Waals surface area (Å²) in [5.74, 6) is 0.300. The van der Waals surface area contributed by atoms with Crippen LogP contribution in [0.2, 0.25) is 0 Å². The molecule has 0 fully saturated rings. The molecule has 2 aromatic heterocycles. The molecule has 0 radical (unpaired) electrons. The second kappa shape index (κ2) is 4.40. The molecule has 0 aliphatic rings. The van der Waals surface area contributed by atoms with Gasteiger partial charge in [0.15, 0.2) is 5.82 Å². The SMILES string of the molecule is Cc1cnc(Cn2cc(N)nn2)c(C)c1[N+](=O)[O-]. The van der Waals surface area contributed by atoms with Gasteiger partial charge in [-0.1, -0.05) is 5.21 Å². The van der Waals surface area contributed by atoms with Crippen LogP contribution in [0, 0.1) is 24.0 Å². The lowest BCUT2D eigenvalue weighted by Crippen LogP contribution is -2.07. The molecule has 2 heterocycles. The van der Waals surface area contributed by atoms with Crippen molar-refractivity contribution in [3.05, 3.63) is 39.3 Å². The maximum absolute atomic E-state index is 11.0. The number of nitro groups is 1. The highest BCUT2D eigenvalue weighted by Crippen LogP contribution is 2.24. The maximum atomic E-state index is 11.0. The average Bonchev–Trinajstić information content (AvgIpc) is 2.68. The Labute approximate surface area is 103 Å². The van der Waals surface area contributed by atoms with E-state index in [0.29, 0.717) is 29.2 Å². The second-order valence-electron chi connectivity index (χ2n) is 3.96. The van der Waals surface area contributed by atoms with Crippen molar-refractivity contribution in [2.24, 2.45) is 0 Å². The third-order valence-corrected chi connectivity index (χ3v) is 2.63. The summed E-state index contributed by atoms with van der Waals surface area (Å²) >= 11 is 0. The molecule has 2 rings (SSSR count). The first-order valence-corrected chi connectivity index (χ1v) is 5.24. The van der Waals surface area contributed by atoms with Crippen molar-refractivity contribution >= 4 is 11.5 Å². The summed E-state index contributed by atoms with van der Waals surface area (Å²) in [7, 11) is 0. The first kappa shape index (κ1) is 12.0. The van der Waals surface area contributed by atoms with Gasteiger partial charge in [0.25, 0.3) is 5.69 Å². The Hall–Kier alpha value is -2.51. The van der Waals surface area contributed by atoms with E-state index in [1.165, 1.54) is 10.9 Å². The molecule has 0 spiro atoms. The van der Waals surface area contributed by atoms with Crippen molar-refractivity contribution in [1.82, 2.24) is 20.0 Å². The smallest absolute Gasteiger partial charge is 0.278 e. The number of anilines is 1. The van der Waals surface area contributed by atoms with Crippen molar-refractivity contribution in [2.45, 2.75) is 20.4 Å². The van der Waals surface area contributed by atoms with Crippen LogP contribution in [0.4, 0.5) is 11.5 Å². The zero-order chi connectivity index (χ0) is 13.3. The average molecular weight is 248 g/mol. The van der Waals surface area contributed by atoms with E-state index in [4.69, 9.17) is 5.73 Å². The van der Waals surface area contributed by atoms with Gasteiger partial charge in [0.05, 0.1) is 28.9 Å². The predicted octanol–water partition coefficient (Wildman–Crippen LogP) is 0.829. The summed E-state index contributed by atoms with van der Waals surface area (Å²) in [6, 6.07) is 0. The summed E-state index contributed by atoms with van der Waals surface area (Å²) in [6.45, 7) is 3.64. The monoisotopic (exact) mass is 248 g/mol. The molecule has 2 aromatic rings. The number of hydrogen-bond donors (Lipinski definition) is 1. The van der Waals surface area contributed by atoms with Gasteiger partial charge in [0, 0.05) is 11.8 Å². The highest BCUT2D eigenvalue weighted by Gasteiger charge is 2.18. The third kappa shape index (κ3) is 2.12. The van der Waals surface area contributed by atoms with E-state index in [2.05, 4.69) is 15.3 Å². The van der Waals surface area contributed by atoms with Gasteiger partial charge in [-0.2, -0.15) is 0 Å². The van der Waals surface area contributed by atoms with Crippen LogP contribution in [0.25, 0.3) is 0 Å². The maximum Gasteiger partial charge on any atom is 0.278 e. The summed E-state index contributed by atoms with van der Waals surface area (Å²) in [6.07, 6.45) is 3.04. The number of nitrogens with zero attached hydrogens (tertiary/aromatic N) is 5. The lowest BCUT2D eigenvalue weighted by atomic mass is 10.1. The van der Waals surface area contributed by atoms with Gasteiger partial charge >= 0.3 is 0 Å². The van der Waals surface area contributed by atoms with Crippen LogP contribution in [-0.4, -0.2) is 24.9 Å².